The zero-order valence-corrected chi connectivity index (χ0v) is 12.5. The van der Waals surface area contributed by atoms with Crippen LogP contribution in [0.25, 0.3) is 0 Å². The van der Waals surface area contributed by atoms with Crippen molar-refractivity contribution in [2.75, 3.05) is 11.4 Å². The van der Waals surface area contributed by atoms with Gasteiger partial charge in [0.25, 0.3) is 0 Å². The molecule has 3 heteroatoms. The SMILES string of the molecule is Cc1cc(N2CCC[C@H]2C[C@@H]2C[C@H]3CC[C@H]2C3)ncn1. The highest BCUT2D eigenvalue weighted by Crippen LogP contribution is 2.50. The molecule has 4 atom stereocenters. The summed E-state index contributed by atoms with van der Waals surface area (Å²) in [4.78, 5) is 11.3. The van der Waals surface area contributed by atoms with Crippen LogP contribution >= 0.6 is 0 Å². The van der Waals surface area contributed by atoms with E-state index < -0.39 is 0 Å². The van der Waals surface area contributed by atoms with Gasteiger partial charge in [0.2, 0.25) is 0 Å². The third kappa shape index (κ3) is 2.21. The molecule has 1 aromatic rings. The minimum atomic E-state index is 0.730. The fraction of sp³-hybridized carbons (Fsp3) is 0.765. The Morgan fingerprint density at radius 3 is 2.90 bits per heavy atom. The van der Waals surface area contributed by atoms with E-state index in [4.69, 9.17) is 0 Å². The van der Waals surface area contributed by atoms with Crippen LogP contribution in [0.5, 0.6) is 0 Å². The Kier molecular flexibility index (Phi) is 3.16. The zero-order valence-electron chi connectivity index (χ0n) is 12.5. The van der Waals surface area contributed by atoms with E-state index in [1.807, 2.05) is 0 Å². The average molecular weight is 271 g/mol. The molecule has 20 heavy (non-hydrogen) atoms. The number of hydrogen-bond acceptors (Lipinski definition) is 3. The molecule has 3 fully saturated rings. The van der Waals surface area contributed by atoms with E-state index in [9.17, 15) is 0 Å². The Morgan fingerprint density at radius 1 is 1.20 bits per heavy atom. The van der Waals surface area contributed by atoms with Gasteiger partial charge in [0.05, 0.1) is 0 Å². The predicted octanol–water partition coefficient (Wildman–Crippen LogP) is 3.58. The second-order valence-corrected chi connectivity index (χ2v) is 7.18. The van der Waals surface area contributed by atoms with Crippen LogP contribution in [0.15, 0.2) is 12.4 Å². The highest BCUT2D eigenvalue weighted by molar-refractivity contribution is 5.41. The fourth-order valence-corrected chi connectivity index (χ4v) is 4.99. The molecule has 2 aliphatic carbocycles. The van der Waals surface area contributed by atoms with E-state index in [2.05, 4.69) is 27.9 Å². The van der Waals surface area contributed by atoms with E-state index >= 15 is 0 Å². The molecular formula is C17H25N3. The molecule has 1 aromatic heterocycles. The molecule has 0 N–H and O–H groups in total. The van der Waals surface area contributed by atoms with Crippen LogP contribution in [-0.2, 0) is 0 Å². The molecule has 1 aliphatic heterocycles. The van der Waals surface area contributed by atoms with Crippen molar-refractivity contribution >= 4 is 5.82 Å². The molecule has 2 heterocycles. The van der Waals surface area contributed by atoms with Gasteiger partial charge in [-0.2, -0.15) is 0 Å². The summed E-state index contributed by atoms with van der Waals surface area (Å²) in [7, 11) is 0. The normalized spacial score (nSPS) is 36.0. The Labute approximate surface area is 121 Å². The first-order valence-electron chi connectivity index (χ1n) is 8.35. The number of hydrogen-bond donors (Lipinski definition) is 0. The van der Waals surface area contributed by atoms with Crippen molar-refractivity contribution in [3.05, 3.63) is 18.1 Å². The van der Waals surface area contributed by atoms with Gasteiger partial charge in [-0.3, -0.25) is 0 Å². The van der Waals surface area contributed by atoms with Crippen molar-refractivity contribution in [3.63, 3.8) is 0 Å². The topological polar surface area (TPSA) is 29.0 Å². The summed E-state index contributed by atoms with van der Waals surface area (Å²) >= 11 is 0. The molecule has 0 amide bonds. The van der Waals surface area contributed by atoms with Crippen molar-refractivity contribution in [1.29, 1.82) is 0 Å². The molecule has 0 aromatic carbocycles. The van der Waals surface area contributed by atoms with E-state index in [0.29, 0.717) is 0 Å². The first-order valence-corrected chi connectivity index (χ1v) is 8.35. The maximum Gasteiger partial charge on any atom is 0.132 e. The van der Waals surface area contributed by atoms with Gasteiger partial charge in [0.15, 0.2) is 0 Å². The largest absolute Gasteiger partial charge is 0.354 e. The predicted molar refractivity (Wildman–Crippen MR) is 80.7 cm³/mol. The smallest absolute Gasteiger partial charge is 0.132 e. The Bertz CT molecular complexity index is 487. The van der Waals surface area contributed by atoms with Crippen molar-refractivity contribution in [2.24, 2.45) is 17.8 Å². The lowest BCUT2D eigenvalue weighted by Gasteiger charge is -2.31. The summed E-state index contributed by atoms with van der Waals surface area (Å²) < 4.78 is 0. The molecule has 0 radical (unpaired) electrons. The zero-order chi connectivity index (χ0) is 13.5. The standard InChI is InChI=1S/C17H25N3/c1-12-7-17(19-11-18-12)20-6-2-3-16(20)10-15-9-13-4-5-14(15)8-13/h7,11,13-16H,2-6,8-10H2,1H3/t13-,14-,15-,16-/m0/s1. The Balaban J connectivity index is 1.47. The van der Waals surface area contributed by atoms with Crippen LogP contribution in [0.4, 0.5) is 5.82 Å². The lowest BCUT2D eigenvalue weighted by molar-refractivity contribution is 0.294. The Hall–Kier alpha value is -1.12. The third-order valence-electron chi connectivity index (χ3n) is 5.92. The summed E-state index contributed by atoms with van der Waals surface area (Å²) in [6.45, 7) is 3.24. The third-order valence-corrected chi connectivity index (χ3v) is 5.92. The quantitative estimate of drug-likeness (QED) is 0.841. The summed E-state index contributed by atoms with van der Waals surface area (Å²) in [5.41, 5.74) is 1.08. The summed E-state index contributed by atoms with van der Waals surface area (Å²) in [6.07, 6.45) is 11.9. The molecule has 3 nitrogen and oxygen atoms in total. The Morgan fingerprint density at radius 2 is 2.15 bits per heavy atom. The number of fused-ring (bicyclic) bond motifs is 2. The molecule has 2 saturated carbocycles. The van der Waals surface area contributed by atoms with Crippen molar-refractivity contribution in [2.45, 2.75) is 57.9 Å². The van der Waals surface area contributed by atoms with Crippen molar-refractivity contribution in [3.8, 4) is 0 Å². The monoisotopic (exact) mass is 271 g/mol. The molecule has 4 rings (SSSR count). The van der Waals surface area contributed by atoms with Crippen molar-refractivity contribution in [1.82, 2.24) is 9.97 Å². The first kappa shape index (κ1) is 12.6. The highest BCUT2D eigenvalue weighted by Gasteiger charge is 2.41. The fourth-order valence-electron chi connectivity index (χ4n) is 4.99. The van der Waals surface area contributed by atoms with Gasteiger partial charge >= 0.3 is 0 Å². The van der Waals surface area contributed by atoms with Crippen LogP contribution in [0.1, 0.15) is 50.6 Å². The van der Waals surface area contributed by atoms with Crippen molar-refractivity contribution < 1.29 is 0 Å². The second kappa shape index (κ2) is 5.01. The molecule has 2 bridgehead atoms. The minimum Gasteiger partial charge on any atom is -0.354 e. The maximum atomic E-state index is 4.51. The van der Waals surface area contributed by atoms with Gasteiger partial charge in [0, 0.05) is 24.3 Å². The van der Waals surface area contributed by atoms with Crippen LogP contribution in [0, 0.1) is 24.7 Å². The maximum absolute atomic E-state index is 4.51. The molecule has 1 saturated heterocycles. The van der Waals surface area contributed by atoms with Crippen LogP contribution in [0.2, 0.25) is 0 Å². The lowest BCUT2D eigenvalue weighted by atomic mass is 9.84. The minimum absolute atomic E-state index is 0.730. The number of aromatic nitrogens is 2. The second-order valence-electron chi connectivity index (χ2n) is 7.18. The van der Waals surface area contributed by atoms with Gasteiger partial charge in [-0.25, -0.2) is 9.97 Å². The van der Waals surface area contributed by atoms with Gasteiger partial charge in [-0.1, -0.05) is 6.42 Å². The van der Waals surface area contributed by atoms with Gasteiger partial charge in [0.1, 0.15) is 12.1 Å². The van der Waals surface area contributed by atoms with Crippen LogP contribution in [0.3, 0.4) is 0 Å². The summed E-state index contributed by atoms with van der Waals surface area (Å²) in [5.74, 6) is 4.28. The van der Waals surface area contributed by atoms with E-state index in [0.717, 1.165) is 35.3 Å². The number of anilines is 1. The number of nitrogens with zero attached hydrogens (tertiary/aromatic N) is 3. The molecule has 108 valence electrons. The van der Waals surface area contributed by atoms with Crippen LogP contribution < -0.4 is 4.90 Å². The number of rotatable bonds is 3. The molecular weight excluding hydrogens is 246 g/mol. The highest BCUT2D eigenvalue weighted by atomic mass is 15.2. The van der Waals surface area contributed by atoms with Gasteiger partial charge < -0.3 is 4.90 Å². The molecule has 0 spiro atoms. The number of aryl methyl sites for hydroxylation is 1. The van der Waals surface area contributed by atoms with E-state index in [1.165, 1.54) is 51.5 Å². The van der Waals surface area contributed by atoms with Gasteiger partial charge in [-0.05, 0) is 63.2 Å². The molecule has 3 aliphatic rings. The summed E-state index contributed by atoms with van der Waals surface area (Å²) in [5, 5.41) is 0. The summed E-state index contributed by atoms with van der Waals surface area (Å²) in [6, 6.07) is 2.88. The van der Waals surface area contributed by atoms with E-state index in [1.54, 1.807) is 6.33 Å². The lowest BCUT2D eigenvalue weighted by Crippen LogP contribution is -2.33. The molecule has 0 unspecified atom stereocenters. The average Bonchev–Trinajstić information content (AvgIpc) is 3.14. The van der Waals surface area contributed by atoms with Crippen LogP contribution in [-0.4, -0.2) is 22.6 Å². The van der Waals surface area contributed by atoms with E-state index in [-0.39, 0.29) is 0 Å². The van der Waals surface area contributed by atoms with Gasteiger partial charge in [-0.15, -0.1) is 0 Å². The first-order chi connectivity index (χ1) is 9.79.